The first-order valence-corrected chi connectivity index (χ1v) is 6.37. The predicted molar refractivity (Wildman–Crippen MR) is 67.7 cm³/mol. The van der Waals surface area contributed by atoms with E-state index in [9.17, 15) is 9.50 Å². The normalized spacial score (nSPS) is 22.3. The van der Waals surface area contributed by atoms with Crippen molar-refractivity contribution in [2.24, 2.45) is 5.92 Å². The molecule has 0 amide bonds. The van der Waals surface area contributed by atoms with Crippen LogP contribution in [0.5, 0.6) is 0 Å². The average Bonchev–Trinajstić information content (AvgIpc) is 2.76. The van der Waals surface area contributed by atoms with E-state index in [1.165, 1.54) is 12.1 Å². The molecule has 0 aliphatic carbocycles. The average molecular weight is 253 g/mol. The van der Waals surface area contributed by atoms with Gasteiger partial charge in [0.15, 0.2) is 0 Å². The van der Waals surface area contributed by atoms with Crippen molar-refractivity contribution >= 4 is 0 Å². The highest BCUT2D eigenvalue weighted by molar-refractivity contribution is 5.28. The van der Waals surface area contributed by atoms with Crippen LogP contribution in [0.15, 0.2) is 18.2 Å². The van der Waals surface area contributed by atoms with Gasteiger partial charge in [-0.1, -0.05) is 6.07 Å². The lowest BCUT2D eigenvalue weighted by Gasteiger charge is -2.21. The summed E-state index contributed by atoms with van der Waals surface area (Å²) in [5.41, 5.74) is 1.56. The third-order valence-corrected chi connectivity index (χ3v) is 3.65. The summed E-state index contributed by atoms with van der Waals surface area (Å²) in [5, 5.41) is 19.3. The Balaban J connectivity index is 1.97. The Morgan fingerprint density at radius 3 is 2.89 bits per heavy atom. The van der Waals surface area contributed by atoms with E-state index in [1.54, 1.807) is 6.07 Å². The lowest BCUT2D eigenvalue weighted by molar-refractivity contribution is 0.120. The Morgan fingerprint density at radius 2 is 2.28 bits per heavy atom. The van der Waals surface area contributed by atoms with E-state index in [2.05, 4.69) is 4.90 Å². The second-order valence-electron chi connectivity index (χ2n) is 5.11. The van der Waals surface area contributed by atoms with Crippen LogP contribution in [0.4, 0.5) is 4.39 Å². The summed E-state index contributed by atoms with van der Waals surface area (Å²) in [6, 6.07) is 4.47. The van der Waals surface area contributed by atoms with Crippen LogP contribution in [0, 0.1) is 18.7 Å². The smallest absolute Gasteiger partial charge is 0.123 e. The predicted octanol–water partition coefficient (Wildman–Crippen LogP) is 1.48. The summed E-state index contributed by atoms with van der Waals surface area (Å²) in [4.78, 5) is 2.15. The first-order chi connectivity index (χ1) is 8.60. The minimum absolute atomic E-state index is 0.210. The lowest BCUT2D eigenvalue weighted by Crippen LogP contribution is -2.27. The molecule has 1 saturated heterocycles. The molecule has 1 aromatic carbocycles. The molecule has 0 aromatic heterocycles. The Bertz CT molecular complexity index is 411. The van der Waals surface area contributed by atoms with Gasteiger partial charge in [-0.05, 0) is 49.1 Å². The number of hydrogen-bond donors (Lipinski definition) is 2. The van der Waals surface area contributed by atoms with Gasteiger partial charge in [-0.15, -0.1) is 0 Å². The molecule has 1 heterocycles. The monoisotopic (exact) mass is 253 g/mol. The van der Waals surface area contributed by atoms with Gasteiger partial charge in [0.2, 0.25) is 0 Å². The summed E-state index contributed by atoms with van der Waals surface area (Å²) in [5.74, 6) is 0.0523. The molecule has 100 valence electrons. The Labute approximate surface area is 107 Å². The Morgan fingerprint density at radius 1 is 1.50 bits per heavy atom. The molecular formula is C14H20FNO2. The first-order valence-electron chi connectivity index (χ1n) is 6.37. The number of aliphatic hydroxyl groups is 2. The molecule has 0 bridgehead atoms. The van der Waals surface area contributed by atoms with Crippen LogP contribution in [0.3, 0.4) is 0 Å². The van der Waals surface area contributed by atoms with E-state index < -0.39 is 6.10 Å². The summed E-state index contributed by atoms with van der Waals surface area (Å²) in [6.45, 7) is 4.30. The maximum Gasteiger partial charge on any atom is 0.123 e. The minimum Gasteiger partial charge on any atom is -0.396 e. The Hall–Kier alpha value is -0.970. The number of nitrogens with zero attached hydrogens (tertiary/aromatic N) is 1. The molecule has 0 radical (unpaired) electrons. The number of halogens is 1. The van der Waals surface area contributed by atoms with Gasteiger partial charge in [0.1, 0.15) is 5.82 Å². The Kier molecular flexibility index (Phi) is 4.32. The fraction of sp³-hybridized carbons (Fsp3) is 0.571. The summed E-state index contributed by atoms with van der Waals surface area (Å²) >= 11 is 0. The highest BCUT2D eigenvalue weighted by Crippen LogP contribution is 2.23. The van der Waals surface area contributed by atoms with Crippen molar-refractivity contribution in [3.05, 3.63) is 35.1 Å². The number of rotatable bonds is 4. The molecule has 1 fully saturated rings. The van der Waals surface area contributed by atoms with Gasteiger partial charge in [0.05, 0.1) is 6.10 Å². The van der Waals surface area contributed by atoms with Gasteiger partial charge in [0, 0.05) is 19.7 Å². The second kappa shape index (κ2) is 5.78. The third-order valence-electron chi connectivity index (χ3n) is 3.65. The van der Waals surface area contributed by atoms with Crippen LogP contribution in [-0.4, -0.2) is 41.4 Å². The first kappa shape index (κ1) is 13.5. The number of benzene rings is 1. The quantitative estimate of drug-likeness (QED) is 0.854. The molecule has 18 heavy (non-hydrogen) atoms. The van der Waals surface area contributed by atoms with E-state index >= 15 is 0 Å². The SMILES string of the molecule is Cc1cc(F)ccc1C(O)CN1CCC(CO)C1. The van der Waals surface area contributed by atoms with Crippen molar-refractivity contribution in [1.82, 2.24) is 4.90 Å². The van der Waals surface area contributed by atoms with Crippen molar-refractivity contribution in [3.8, 4) is 0 Å². The highest BCUT2D eigenvalue weighted by Gasteiger charge is 2.24. The maximum absolute atomic E-state index is 13.0. The lowest BCUT2D eigenvalue weighted by atomic mass is 10.0. The van der Waals surface area contributed by atoms with Gasteiger partial charge in [-0.2, -0.15) is 0 Å². The van der Waals surface area contributed by atoms with Crippen molar-refractivity contribution in [1.29, 1.82) is 0 Å². The fourth-order valence-corrected chi connectivity index (χ4v) is 2.58. The van der Waals surface area contributed by atoms with Crippen molar-refractivity contribution in [3.63, 3.8) is 0 Å². The van der Waals surface area contributed by atoms with Crippen LogP contribution in [0.1, 0.15) is 23.7 Å². The molecule has 2 unspecified atom stereocenters. The van der Waals surface area contributed by atoms with E-state index in [4.69, 9.17) is 5.11 Å². The molecular weight excluding hydrogens is 233 g/mol. The summed E-state index contributed by atoms with van der Waals surface area (Å²) in [6.07, 6.45) is 0.383. The van der Waals surface area contributed by atoms with E-state index in [-0.39, 0.29) is 12.4 Å². The second-order valence-corrected chi connectivity index (χ2v) is 5.11. The number of aryl methyl sites for hydroxylation is 1. The summed E-state index contributed by atoms with van der Waals surface area (Å²) in [7, 11) is 0. The zero-order valence-corrected chi connectivity index (χ0v) is 10.6. The zero-order chi connectivity index (χ0) is 13.1. The van der Waals surface area contributed by atoms with E-state index in [0.717, 1.165) is 30.6 Å². The number of likely N-dealkylation sites (tertiary alicyclic amines) is 1. The van der Waals surface area contributed by atoms with Crippen LogP contribution in [-0.2, 0) is 0 Å². The number of hydrogen-bond acceptors (Lipinski definition) is 3. The van der Waals surface area contributed by atoms with Crippen molar-refractivity contribution < 1.29 is 14.6 Å². The number of β-amino-alcohol motifs (C(OH)–C–C–N with tert-alkyl or cyclic N) is 1. The number of aliphatic hydroxyl groups excluding tert-OH is 2. The standard InChI is InChI=1S/C14H20FNO2/c1-10-6-12(15)2-3-13(10)14(18)8-16-5-4-11(7-16)9-17/h2-3,6,11,14,17-18H,4-5,7-9H2,1H3. The highest BCUT2D eigenvalue weighted by atomic mass is 19.1. The van der Waals surface area contributed by atoms with E-state index in [1.807, 2.05) is 6.92 Å². The van der Waals surface area contributed by atoms with Crippen LogP contribution in [0.2, 0.25) is 0 Å². The molecule has 1 aromatic rings. The van der Waals surface area contributed by atoms with E-state index in [0.29, 0.717) is 12.5 Å². The summed E-state index contributed by atoms with van der Waals surface area (Å²) < 4.78 is 13.0. The van der Waals surface area contributed by atoms with Gasteiger partial charge >= 0.3 is 0 Å². The van der Waals surface area contributed by atoms with Crippen LogP contribution < -0.4 is 0 Å². The molecule has 3 nitrogen and oxygen atoms in total. The fourth-order valence-electron chi connectivity index (χ4n) is 2.58. The topological polar surface area (TPSA) is 43.7 Å². The molecule has 1 aliphatic rings. The van der Waals surface area contributed by atoms with Crippen molar-refractivity contribution in [2.45, 2.75) is 19.4 Å². The van der Waals surface area contributed by atoms with Gasteiger partial charge in [0.25, 0.3) is 0 Å². The van der Waals surface area contributed by atoms with Crippen molar-refractivity contribution in [2.75, 3.05) is 26.2 Å². The zero-order valence-electron chi connectivity index (χ0n) is 10.6. The molecule has 4 heteroatoms. The minimum atomic E-state index is -0.594. The molecule has 0 spiro atoms. The molecule has 2 N–H and O–H groups in total. The van der Waals surface area contributed by atoms with Crippen LogP contribution in [0.25, 0.3) is 0 Å². The molecule has 0 saturated carbocycles. The molecule has 1 aliphatic heterocycles. The van der Waals surface area contributed by atoms with Gasteiger partial charge in [-0.25, -0.2) is 4.39 Å². The third kappa shape index (κ3) is 3.07. The molecule has 2 atom stereocenters. The van der Waals surface area contributed by atoms with Gasteiger partial charge in [-0.3, -0.25) is 0 Å². The van der Waals surface area contributed by atoms with Crippen LogP contribution >= 0.6 is 0 Å². The van der Waals surface area contributed by atoms with Gasteiger partial charge < -0.3 is 15.1 Å². The molecule has 2 rings (SSSR count). The maximum atomic E-state index is 13.0. The largest absolute Gasteiger partial charge is 0.396 e.